The maximum Gasteiger partial charge on any atom is 0.101 e. The topological polar surface area (TPSA) is 17.8 Å². The first-order chi connectivity index (χ1) is 3.29. The second-order valence-electron chi connectivity index (χ2n) is 1.14. The highest BCUT2D eigenvalue weighted by atomic mass is 79.9. The molecule has 7 heavy (non-hydrogen) atoms. The molecular weight excluding hydrogens is 156 g/mol. The first-order valence-electron chi connectivity index (χ1n) is 1.74. The summed E-state index contributed by atoms with van der Waals surface area (Å²) in [6.45, 7) is 0. The number of rotatable bonds is 0. The molecule has 0 aliphatic heterocycles. The maximum absolute atomic E-state index is 5.15. The minimum atomic E-state index is 0.898. The second kappa shape index (κ2) is 1.66. The van der Waals surface area contributed by atoms with Gasteiger partial charge in [0.05, 0.1) is 10.7 Å². The third-order valence-corrected chi connectivity index (χ3v) is 0.980. The molecule has 0 aliphatic carbocycles. The van der Waals surface area contributed by atoms with Gasteiger partial charge < -0.3 is 0 Å². The van der Waals surface area contributed by atoms with Crippen LogP contribution in [0.3, 0.4) is 0 Å². The number of halogens is 1. The van der Waals surface area contributed by atoms with Gasteiger partial charge >= 0.3 is 0 Å². The summed E-state index contributed by atoms with van der Waals surface area (Å²) in [6, 6.07) is 0. The third kappa shape index (κ3) is 1.03. The van der Waals surface area contributed by atoms with E-state index in [1.54, 1.807) is 12.4 Å². The third-order valence-electron chi connectivity index (χ3n) is 0.570. The molecular formula is C4H3BrN2. The Morgan fingerprint density at radius 1 is 1.86 bits per heavy atom. The molecule has 0 saturated heterocycles. The van der Waals surface area contributed by atoms with Crippen LogP contribution < -0.4 is 0 Å². The van der Waals surface area contributed by atoms with Crippen LogP contribution in [0.4, 0.5) is 0 Å². The van der Waals surface area contributed by atoms with Crippen molar-refractivity contribution < 1.29 is 0 Å². The van der Waals surface area contributed by atoms with Gasteiger partial charge in [0, 0.05) is 6.20 Å². The number of aromatic nitrogens is 2. The average Bonchev–Trinajstić information content (AvgIpc) is 1.87. The molecule has 0 amide bonds. The van der Waals surface area contributed by atoms with Crippen molar-refractivity contribution in [3.05, 3.63) is 23.9 Å². The van der Waals surface area contributed by atoms with Crippen LogP contribution in [0.2, 0.25) is 0 Å². The van der Waals surface area contributed by atoms with Crippen LogP contribution >= 0.6 is 15.9 Å². The van der Waals surface area contributed by atoms with Crippen LogP contribution in [-0.2, 0) is 0 Å². The number of hydrogen-bond donors (Lipinski definition) is 0. The Morgan fingerprint density at radius 3 is 2.71 bits per heavy atom. The van der Waals surface area contributed by atoms with E-state index in [0.717, 1.165) is 4.47 Å². The van der Waals surface area contributed by atoms with Crippen molar-refractivity contribution >= 4 is 15.9 Å². The predicted molar refractivity (Wildman–Crippen MR) is 29.6 cm³/mol. The van der Waals surface area contributed by atoms with Gasteiger partial charge in [0.25, 0.3) is 0 Å². The molecule has 0 atom stereocenters. The van der Waals surface area contributed by atoms with E-state index in [9.17, 15) is 0 Å². The van der Waals surface area contributed by atoms with Crippen molar-refractivity contribution in [3.8, 4) is 0 Å². The summed E-state index contributed by atoms with van der Waals surface area (Å²) >= 11 is 3.17. The Bertz CT molecular complexity index is 142. The lowest BCUT2D eigenvalue weighted by atomic mass is 10.8. The second-order valence-corrected chi connectivity index (χ2v) is 2.05. The number of nitrogens with zero attached hydrogens (tertiary/aromatic N) is 2. The van der Waals surface area contributed by atoms with Crippen molar-refractivity contribution in [1.29, 1.82) is 0 Å². The lowest BCUT2D eigenvalue weighted by Gasteiger charge is -1.76. The highest BCUT2D eigenvalue weighted by Crippen LogP contribution is 2.04. The minimum absolute atomic E-state index is 0.898. The van der Waals surface area contributed by atoms with Gasteiger partial charge in [0.15, 0.2) is 0 Å². The smallest absolute Gasteiger partial charge is 0.101 e. The average molecular weight is 159 g/mol. The van der Waals surface area contributed by atoms with Crippen molar-refractivity contribution in [2.45, 2.75) is 0 Å². The van der Waals surface area contributed by atoms with Crippen molar-refractivity contribution in [2.75, 3.05) is 0 Å². The van der Waals surface area contributed by atoms with Gasteiger partial charge in [0.2, 0.25) is 0 Å². The molecule has 1 rings (SSSR count). The van der Waals surface area contributed by atoms with Gasteiger partial charge in [-0.3, -0.25) is 4.68 Å². The van der Waals surface area contributed by atoms with Crippen LogP contribution in [0.15, 0.2) is 16.9 Å². The molecule has 1 aromatic rings. The molecule has 1 aromatic heterocycles. The largest absolute Gasteiger partial charge is 0.264 e. The summed E-state index contributed by atoms with van der Waals surface area (Å²) in [5.41, 5.74) is 0. The summed E-state index contributed by atoms with van der Waals surface area (Å²) in [5, 5.41) is 3.66. The SMILES string of the molecule is [CH]n1cc(Br)cn1. The normalized spacial score (nSPS) is 9.43. The summed E-state index contributed by atoms with van der Waals surface area (Å²) in [6.07, 6.45) is 3.29. The van der Waals surface area contributed by atoms with Crippen molar-refractivity contribution in [1.82, 2.24) is 9.78 Å². The standard InChI is InChI=1S/C4H3BrN2/c1-7-3-4(5)2-6-7/h1-3H. The van der Waals surface area contributed by atoms with Gasteiger partial charge in [-0.1, -0.05) is 0 Å². The number of hydrogen-bond acceptors (Lipinski definition) is 1. The van der Waals surface area contributed by atoms with E-state index in [2.05, 4.69) is 21.0 Å². The van der Waals surface area contributed by atoms with Gasteiger partial charge in [-0.2, -0.15) is 5.10 Å². The summed E-state index contributed by atoms with van der Waals surface area (Å²) < 4.78 is 2.14. The minimum Gasteiger partial charge on any atom is -0.264 e. The Balaban J connectivity index is 3.04. The Kier molecular flexibility index (Phi) is 1.15. The zero-order valence-electron chi connectivity index (χ0n) is 3.50. The van der Waals surface area contributed by atoms with Gasteiger partial charge in [0.1, 0.15) is 7.05 Å². The molecule has 0 saturated carbocycles. The first kappa shape index (κ1) is 4.84. The van der Waals surface area contributed by atoms with Crippen molar-refractivity contribution in [3.63, 3.8) is 0 Å². The molecule has 1 heterocycles. The lowest BCUT2D eigenvalue weighted by Crippen LogP contribution is -1.80. The van der Waals surface area contributed by atoms with Gasteiger partial charge in [-0.15, -0.1) is 0 Å². The summed E-state index contributed by atoms with van der Waals surface area (Å²) in [4.78, 5) is 0. The van der Waals surface area contributed by atoms with Crippen LogP contribution in [-0.4, -0.2) is 9.78 Å². The molecule has 36 valence electrons. The zero-order chi connectivity index (χ0) is 5.28. The Morgan fingerprint density at radius 2 is 2.57 bits per heavy atom. The van der Waals surface area contributed by atoms with E-state index < -0.39 is 0 Å². The van der Waals surface area contributed by atoms with E-state index in [1.807, 2.05) is 0 Å². The molecule has 0 unspecified atom stereocenters. The molecule has 2 radical (unpaired) electrons. The molecule has 0 fully saturated rings. The fraction of sp³-hybridized carbons (Fsp3) is 0. The molecule has 0 bridgehead atoms. The monoisotopic (exact) mass is 158 g/mol. The fourth-order valence-corrected chi connectivity index (χ4v) is 0.616. The Hall–Kier alpha value is -0.310. The van der Waals surface area contributed by atoms with Crippen LogP contribution in [0.25, 0.3) is 0 Å². The first-order valence-corrected chi connectivity index (χ1v) is 2.53. The summed E-state index contributed by atoms with van der Waals surface area (Å²) in [5.74, 6) is 0. The van der Waals surface area contributed by atoms with E-state index in [0.29, 0.717) is 0 Å². The Labute approximate surface area is 50.3 Å². The van der Waals surface area contributed by atoms with E-state index in [1.165, 1.54) is 4.68 Å². The van der Waals surface area contributed by atoms with Gasteiger partial charge in [-0.25, -0.2) is 0 Å². The molecule has 0 N–H and O–H groups in total. The van der Waals surface area contributed by atoms with Crippen molar-refractivity contribution in [2.24, 2.45) is 0 Å². The molecule has 2 nitrogen and oxygen atoms in total. The quantitative estimate of drug-likeness (QED) is 0.555. The molecule has 0 aliphatic rings. The summed E-state index contributed by atoms with van der Waals surface area (Å²) in [7, 11) is 5.15. The van der Waals surface area contributed by atoms with Crippen LogP contribution in [0.1, 0.15) is 0 Å². The van der Waals surface area contributed by atoms with Crippen LogP contribution in [0, 0.1) is 7.05 Å². The molecule has 3 heteroatoms. The zero-order valence-corrected chi connectivity index (χ0v) is 5.09. The fourth-order valence-electron chi connectivity index (χ4n) is 0.315. The molecule has 0 spiro atoms. The van der Waals surface area contributed by atoms with Gasteiger partial charge in [-0.05, 0) is 15.9 Å². The highest BCUT2D eigenvalue weighted by molar-refractivity contribution is 9.10. The molecule has 0 aromatic carbocycles. The van der Waals surface area contributed by atoms with E-state index in [4.69, 9.17) is 7.05 Å². The highest BCUT2D eigenvalue weighted by Gasteiger charge is 1.84. The lowest BCUT2D eigenvalue weighted by molar-refractivity contribution is 0.877. The predicted octanol–water partition coefficient (Wildman–Crippen LogP) is 1.16. The van der Waals surface area contributed by atoms with E-state index >= 15 is 0 Å². The van der Waals surface area contributed by atoms with Crippen LogP contribution in [0.5, 0.6) is 0 Å². The maximum atomic E-state index is 5.15. The van der Waals surface area contributed by atoms with E-state index in [-0.39, 0.29) is 0 Å².